The number of aliphatic hydroxyl groups excluding tert-OH is 1. The Balaban J connectivity index is 0.00000132. The molecule has 2 aromatic rings. The highest BCUT2D eigenvalue weighted by atomic mass is 19.3. The van der Waals surface area contributed by atoms with E-state index in [9.17, 15) is 13.9 Å². The summed E-state index contributed by atoms with van der Waals surface area (Å²) in [7, 11) is 1.60. The molecule has 0 spiro atoms. The summed E-state index contributed by atoms with van der Waals surface area (Å²) in [5.41, 5.74) is 1.64. The highest BCUT2D eigenvalue weighted by Crippen LogP contribution is 2.39. The lowest BCUT2D eigenvalue weighted by Gasteiger charge is -2.37. The van der Waals surface area contributed by atoms with Crippen LogP contribution in [-0.4, -0.2) is 36.0 Å². The summed E-state index contributed by atoms with van der Waals surface area (Å²) in [6.07, 6.45) is 7.43. The second-order valence-electron chi connectivity index (χ2n) is 6.96. The van der Waals surface area contributed by atoms with E-state index >= 15 is 0 Å². The Morgan fingerprint density at radius 2 is 1.55 bits per heavy atom. The fourth-order valence-electron chi connectivity index (χ4n) is 3.38. The van der Waals surface area contributed by atoms with Gasteiger partial charge in [0.05, 0.1) is 19.4 Å². The monoisotopic (exact) mass is 468 g/mol. The van der Waals surface area contributed by atoms with Crippen LogP contribution in [0.5, 0.6) is 11.5 Å². The molecule has 188 valence electrons. The molecule has 0 atom stereocenters. The van der Waals surface area contributed by atoms with E-state index in [1.54, 1.807) is 37.7 Å². The van der Waals surface area contributed by atoms with Gasteiger partial charge in [-0.2, -0.15) is 8.78 Å². The van der Waals surface area contributed by atoms with Gasteiger partial charge in [0.25, 0.3) is 0 Å². The zero-order chi connectivity index (χ0) is 25.2. The number of methoxy groups -OCH3 is 1. The third kappa shape index (κ3) is 10.4. The standard InChI is InChI=1S/C19H22F2N2O3.C3H8.2C2H6/c1-25-18-10-11-22-12-17(18)23(13-2-6-15(24)7-3-13)14-4-8-16(9-5-14)26-19(20)21;1-3-2;2*1-2/h4-5,8-13,15,19,24H,2-3,6-7H2,1H3;3H2,1-2H3;2*1-2H3. The number of nitrogens with zero attached hydrogens (tertiary/aromatic N) is 2. The lowest BCUT2D eigenvalue weighted by Crippen LogP contribution is -2.36. The number of hydrogen-bond acceptors (Lipinski definition) is 5. The molecule has 1 aromatic carbocycles. The summed E-state index contributed by atoms with van der Waals surface area (Å²) < 4.78 is 34.7. The highest BCUT2D eigenvalue weighted by molar-refractivity contribution is 5.69. The minimum absolute atomic E-state index is 0.112. The molecule has 0 aliphatic heterocycles. The first-order chi connectivity index (χ1) is 16.0. The molecule has 1 saturated carbocycles. The second kappa shape index (κ2) is 18.1. The van der Waals surface area contributed by atoms with Crippen LogP contribution in [0.3, 0.4) is 0 Å². The van der Waals surface area contributed by atoms with Crippen LogP contribution < -0.4 is 14.4 Å². The van der Waals surface area contributed by atoms with Gasteiger partial charge < -0.3 is 19.5 Å². The normalized spacial score (nSPS) is 16.7. The van der Waals surface area contributed by atoms with E-state index in [-0.39, 0.29) is 17.9 Å². The molecule has 3 rings (SSSR count). The Morgan fingerprint density at radius 1 is 1.00 bits per heavy atom. The molecule has 0 radical (unpaired) electrons. The molecule has 33 heavy (non-hydrogen) atoms. The summed E-state index contributed by atoms with van der Waals surface area (Å²) in [5, 5.41) is 9.83. The first kappa shape index (κ1) is 30.6. The van der Waals surface area contributed by atoms with Gasteiger partial charge in [0, 0.05) is 24.0 Å². The predicted molar refractivity (Wildman–Crippen MR) is 133 cm³/mol. The van der Waals surface area contributed by atoms with Crippen LogP contribution in [0, 0.1) is 0 Å². The van der Waals surface area contributed by atoms with Crippen molar-refractivity contribution in [3.63, 3.8) is 0 Å². The average molecular weight is 469 g/mol. The van der Waals surface area contributed by atoms with Crippen molar-refractivity contribution in [2.24, 2.45) is 0 Å². The summed E-state index contributed by atoms with van der Waals surface area (Å²) in [6, 6.07) is 8.47. The number of hydrogen-bond donors (Lipinski definition) is 1. The Hall–Kier alpha value is -2.41. The van der Waals surface area contributed by atoms with E-state index in [1.807, 2.05) is 27.7 Å². The van der Waals surface area contributed by atoms with Crippen LogP contribution >= 0.6 is 0 Å². The van der Waals surface area contributed by atoms with Crippen LogP contribution in [-0.2, 0) is 0 Å². The maximum atomic E-state index is 12.4. The summed E-state index contributed by atoms with van der Waals surface area (Å²) in [6.45, 7) is 9.40. The van der Waals surface area contributed by atoms with Crippen LogP contribution in [0.2, 0.25) is 0 Å². The predicted octanol–water partition coefficient (Wildman–Crippen LogP) is 7.60. The van der Waals surface area contributed by atoms with Gasteiger partial charge in [-0.05, 0) is 49.9 Å². The molecule has 5 nitrogen and oxygen atoms in total. The first-order valence-electron chi connectivity index (χ1n) is 12.0. The molecule has 1 N–H and O–H groups in total. The molecule has 1 fully saturated rings. The van der Waals surface area contributed by atoms with Gasteiger partial charge >= 0.3 is 6.61 Å². The smallest absolute Gasteiger partial charge is 0.387 e. The van der Waals surface area contributed by atoms with Gasteiger partial charge in [-0.3, -0.25) is 4.98 Å². The first-order valence-corrected chi connectivity index (χ1v) is 12.0. The topological polar surface area (TPSA) is 54.8 Å². The van der Waals surface area contributed by atoms with E-state index in [0.29, 0.717) is 5.75 Å². The molecule has 0 amide bonds. The fourth-order valence-corrected chi connectivity index (χ4v) is 3.38. The van der Waals surface area contributed by atoms with E-state index < -0.39 is 6.61 Å². The number of pyridine rings is 1. The molecule has 0 bridgehead atoms. The van der Waals surface area contributed by atoms with E-state index in [4.69, 9.17) is 4.74 Å². The second-order valence-corrected chi connectivity index (χ2v) is 6.96. The van der Waals surface area contributed by atoms with Crippen molar-refractivity contribution < 1.29 is 23.4 Å². The third-order valence-electron chi connectivity index (χ3n) is 4.61. The Labute approximate surface area is 198 Å². The zero-order valence-corrected chi connectivity index (χ0v) is 21.2. The maximum absolute atomic E-state index is 12.4. The lowest BCUT2D eigenvalue weighted by atomic mass is 9.91. The quantitative estimate of drug-likeness (QED) is 0.473. The average Bonchev–Trinajstić information content (AvgIpc) is 2.84. The number of aromatic nitrogens is 1. The van der Waals surface area contributed by atoms with Gasteiger partial charge in [-0.15, -0.1) is 0 Å². The minimum Gasteiger partial charge on any atom is -0.494 e. The third-order valence-corrected chi connectivity index (χ3v) is 4.61. The molecule has 0 unspecified atom stereocenters. The maximum Gasteiger partial charge on any atom is 0.387 e. The van der Waals surface area contributed by atoms with Gasteiger partial charge in [0.2, 0.25) is 0 Å². The Bertz CT molecular complexity index is 722. The van der Waals surface area contributed by atoms with Crippen molar-refractivity contribution in [2.45, 2.75) is 92.4 Å². The summed E-state index contributed by atoms with van der Waals surface area (Å²) >= 11 is 0. The van der Waals surface area contributed by atoms with Crippen LogP contribution in [0.1, 0.15) is 73.6 Å². The zero-order valence-electron chi connectivity index (χ0n) is 21.2. The number of benzene rings is 1. The van der Waals surface area contributed by atoms with Gasteiger partial charge in [-0.1, -0.05) is 48.0 Å². The number of alkyl halides is 2. The lowest BCUT2D eigenvalue weighted by molar-refractivity contribution is -0.0498. The van der Waals surface area contributed by atoms with E-state index in [2.05, 4.69) is 28.5 Å². The van der Waals surface area contributed by atoms with Crippen molar-refractivity contribution in [3.05, 3.63) is 42.7 Å². The molecular weight excluding hydrogens is 426 g/mol. The van der Waals surface area contributed by atoms with E-state index in [1.165, 1.54) is 18.6 Å². The molecule has 1 aliphatic rings. The van der Waals surface area contributed by atoms with Crippen LogP contribution in [0.15, 0.2) is 42.7 Å². The Morgan fingerprint density at radius 3 is 2.03 bits per heavy atom. The molecule has 1 heterocycles. The summed E-state index contributed by atoms with van der Waals surface area (Å²) in [5.74, 6) is 0.792. The van der Waals surface area contributed by atoms with E-state index in [0.717, 1.165) is 37.1 Å². The SMILES string of the molecule is CC.CC.CCC.COc1ccncc1N(c1ccc(OC(F)F)cc1)C1CCC(O)CC1. The van der Waals surface area contributed by atoms with Crippen molar-refractivity contribution in [2.75, 3.05) is 12.0 Å². The molecular formula is C26H42F2N2O3. The minimum atomic E-state index is -2.85. The fraction of sp³-hybridized carbons (Fsp3) is 0.577. The largest absolute Gasteiger partial charge is 0.494 e. The molecule has 1 aromatic heterocycles. The highest BCUT2D eigenvalue weighted by Gasteiger charge is 2.28. The summed E-state index contributed by atoms with van der Waals surface area (Å²) in [4.78, 5) is 6.31. The number of anilines is 2. The van der Waals surface area contributed by atoms with Crippen LogP contribution in [0.25, 0.3) is 0 Å². The number of halogens is 2. The van der Waals surface area contributed by atoms with Crippen LogP contribution in [0.4, 0.5) is 20.2 Å². The van der Waals surface area contributed by atoms with Crippen molar-refractivity contribution >= 4 is 11.4 Å². The molecule has 7 heteroatoms. The van der Waals surface area contributed by atoms with Crippen molar-refractivity contribution in [3.8, 4) is 11.5 Å². The van der Waals surface area contributed by atoms with Gasteiger partial charge in [0.1, 0.15) is 17.2 Å². The number of rotatable bonds is 6. The van der Waals surface area contributed by atoms with Gasteiger partial charge in [0.15, 0.2) is 0 Å². The Kier molecular flexibility index (Phi) is 16.7. The molecule has 1 aliphatic carbocycles. The molecule has 0 saturated heterocycles. The van der Waals surface area contributed by atoms with Crippen molar-refractivity contribution in [1.82, 2.24) is 4.98 Å². The number of aliphatic hydroxyl groups is 1. The number of ether oxygens (including phenoxy) is 2. The van der Waals surface area contributed by atoms with Crippen molar-refractivity contribution in [1.29, 1.82) is 0 Å². The van der Waals surface area contributed by atoms with Gasteiger partial charge in [-0.25, -0.2) is 0 Å².